The van der Waals surface area contributed by atoms with Crippen molar-refractivity contribution in [2.45, 2.75) is 38.6 Å². The van der Waals surface area contributed by atoms with Gasteiger partial charge in [0.1, 0.15) is 11.3 Å². The van der Waals surface area contributed by atoms with E-state index in [0.717, 1.165) is 37.0 Å². The second-order valence-corrected chi connectivity index (χ2v) is 6.69. The molecule has 3 rings (SSSR count). The number of thioether (sulfide) groups is 1. The highest BCUT2D eigenvalue weighted by Gasteiger charge is 2.23. The Morgan fingerprint density at radius 1 is 1.43 bits per heavy atom. The molecule has 1 aliphatic rings. The number of rotatable bonds is 4. The maximum atomic E-state index is 11.4. The number of carbonyl (C=O) groups is 1. The Morgan fingerprint density at radius 2 is 2.19 bits per heavy atom. The number of aromatic nitrogens is 2. The molecule has 1 aliphatic heterocycles. The first-order valence-electron chi connectivity index (χ1n) is 7.53. The molecular formula is C16H20N2O2S. The molecule has 0 bridgehead atoms. The molecule has 2 heterocycles. The topological polar surface area (TPSA) is 55.1 Å². The second kappa shape index (κ2) is 6.10. The number of imidazole rings is 1. The third-order valence-corrected chi connectivity index (χ3v) is 5.10. The van der Waals surface area contributed by atoms with Crippen LogP contribution in [-0.4, -0.2) is 32.1 Å². The van der Waals surface area contributed by atoms with Crippen LogP contribution in [0.5, 0.6) is 0 Å². The molecule has 0 amide bonds. The molecule has 0 spiro atoms. The second-order valence-electron chi connectivity index (χ2n) is 5.47. The number of fused-ring (bicyclic) bond motifs is 1. The van der Waals surface area contributed by atoms with E-state index in [1.165, 1.54) is 11.5 Å². The molecule has 0 saturated carbocycles. The molecule has 0 unspecified atom stereocenters. The summed E-state index contributed by atoms with van der Waals surface area (Å²) in [6.45, 7) is 2.14. The molecule has 1 aromatic heterocycles. The van der Waals surface area contributed by atoms with Gasteiger partial charge in [-0.2, -0.15) is 11.8 Å². The van der Waals surface area contributed by atoms with Crippen LogP contribution in [0.1, 0.15) is 48.4 Å². The minimum absolute atomic E-state index is 0.314. The predicted molar refractivity (Wildman–Crippen MR) is 86.3 cm³/mol. The zero-order valence-electron chi connectivity index (χ0n) is 12.2. The Bertz CT molecular complexity index is 660. The lowest BCUT2D eigenvalue weighted by molar-refractivity contribution is 0.0699. The maximum absolute atomic E-state index is 11.4. The molecule has 21 heavy (non-hydrogen) atoms. The third-order valence-electron chi connectivity index (χ3n) is 4.05. The van der Waals surface area contributed by atoms with Crippen LogP contribution < -0.4 is 0 Å². The molecule has 4 nitrogen and oxygen atoms in total. The van der Waals surface area contributed by atoms with Crippen LogP contribution in [0.25, 0.3) is 11.0 Å². The van der Waals surface area contributed by atoms with E-state index < -0.39 is 5.97 Å². The number of nitrogens with zero attached hydrogens (tertiary/aromatic N) is 2. The number of benzene rings is 1. The summed E-state index contributed by atoms with van der Waals surface area (Å²) in [5.74, 6) is 2.49. The van der Waals surface area contributed by atoms with E-state index in [4.69, 9.17) is 0 Å². The number of para-hydroxylation sites is 1. The average molecular weight is 304 g/mol. The highest BCUT2D eigenvalue weighted by molar-refractivity contribution is 7.99. The first-order chi connectivity index (χ1) is 10.2. The normalized spacial score (nSPS) is 16.4. The van der Waals surface area contributed by atoms with E-state index in [-0.39, 0.29) is 0 Å². The van der Waals surface area contributed by atoms with Gasteiger partial charge in [0.2, 0.25) is 0 Å². The van der Waals surface area contributed by atoms with Crippen molar-refractivity contribution in [2.24, 2.45) is 0 Å². The molecule has 2 aromatic rings. The van der Waals surface area contributed by atoms with Gasteiger partial charge in [0.25, 0.3) is 0 Å². The molecule has 1 aromatic carbocycles. The molecule has 112 valence electrons. The van der Waals surface area contributed by atoms with Crippen molar-refractivity contribution in [3.05, 3.63) is 29.6 Å². The van der Waals surface area contributed by atoms with Crippen molar-refractivity contribution in [1.29, 1.82) is 0 Å². The van der Waals surface area contributed by atoms with E-state index in [1.807, 2.05) is 23.9 Å². The van der Waals surface area contributed by atoms with Crippen molar-refractivity contribution in [2.75, 3.05) is 11.5 Å². The van der Waals surface area contributed by atoms with Gasteiger partial charge in [-0.05, 0) is 42.9 Å². The van der Waals surface area contributed by atoms with E-state index in [0.29, 0.717) is 17.1 Å². The fourth-order valence-electron chi connectivity index (χ4n) is 3.09. The average Bonchev–Trinajstić information content (AvgIpc) is 2.86. The van der Waals surface area contributed by atoms with Gasteiger partial charge in [-0.1, -0.05) is 13.0 Å². The van der Waals surface area contributed by atoms with Gasteiger partial charge < -0.3 is 9.67 Å². The summed E-state index contributed by atoms with van der Waals surface area (Å²) in [6.07, 6.45) is 4.21. The molecule has 0 aliphatic carbocycles. The van der Waals surface area contributed by atoms with Crippen molar-refractivity contribution in [1.82, 2.24) is 9.55 Å². The molecule has 5 heteroatoms. The van der Waals surface area contributed by atoms with Crippen molar-refractivity contribution < 1.29 is 9.90 Å². The zero-order chi connectivity index (χ0) is 14.8. The van der Waals surface area contributed by atoms with Gasteiger partial charge >= 0.3 is 5.97 Å². The Labute approximate surface area is 128 Å². The van der Waals surface area contributed by atoms with E-state index in [1.54, 1.807) is 6.07 Å². The number of hydrogen-bond donors (Lipinski definition) is 1. The number of hydrogen-bond acceptors (Lipinski definition) is 3. The van der Waals surface area contributed by atoms with Crippen LogP contribution in [0, 0.1) is 0 Å². The molecular weight excluding hydrogens is 284 g/mol. The van der Waals surface area contributed by atoms with Crippen LogP contribution in [0.4, 0.5) is 0 Å². The summed E-state index contributed by atoms with van der Waals surface area (Å²) in [7, 11) is 0. The van der Waals surface area contributed by atoms with E-state index in [2.05, 4.69) is 16.5 Å². The highest BCUT2D eigenvalue weighted by atomic mass is 32.2. The quantitative estimate of drug-likeness (QED) is 0.934. The number of carboxylic acids is 1. The lowest BCUT2D eigenvalue weighted by Crippen LogP contribution is -2.17. The minimum atomic E-state index is -0.896. The molecule has 1 N–H and O–H groups in total. The van der Waals surface area contributed by atoms with Gasteiger partial charge in [0.15, 0.2) is 0 Å². The minimum Gasteiger partial charge on any atom is -0.478 e. The van der Waals surface area contributed by atoms with E-state index in [9.17, 15) is 9.90 Å². The zero-order valence-corrected chi connectivity index (χ0v) is 13.0. The van der Waals surface area contributed by atoms with Crippen LogP contribution in [0.3, 0.4) is 0 Å². The Hall–Kier alpha value is -1.49. The third kappa shape index (κ3) is 2.67. The predicted octanol–water partition coefficient (Wildman–Crippen LogP) is 3.76. The summed E-state index contributed by atoms with van der Waals surface area (Å²) in [6, 6.07) is 5.95. The van der Waals surface area contributed by atoms with Crippen LogP contribution in [-0.2, 0) is 6.42 Å². The molecule has 1 fully saturated rings. The summed E-state index contributed by atoms with van der Waals surface area (Å²) in [4.78, 5) is 16.1. The van der Waals surface area contributed by atoms with Crippen molar-refractivity contribution in [3.8, 4) is 0 Å². The van der Waals surface area contributed by atoms with Crippen LogP contribution in [0.2, 0.25) is 0 Å². The lowest BCUT2D eigenvalue weighted by Gasteiger charge is -2.25. The maximum Gasteiger partial charge on any atom is 0.337 e. The Morgan fingerprint density at radius 3 is 2.86 bits per heavy atom. The fourth-order valence-corrected chi connectivity index (χ4v) is 4.17. The lowest BCUT2D eigenvalue weighted by atomic mass is 10.1. The van der Waals surface area contributed by atoms with Gasteiger partial charge in [-0.3, -0.25) is 0 Å². The highest BCUT2D eigenvalue weighted by Crippen LogP contribution is 2.32. The molecule has 1 saturated heterocycles. The summed E-state index contributed by atoms with van der Waals surface area (Å²) >= 11 is 2.00. The van der Waals surface area contributed by atoms with Gasteiger partial charge in [0, 0.05) is 12.5 Å². The summed E-state index contributed by atoms with van der Waals surface area (Å²) < 4.78 is 2.31. The van der Waals surface area contributed by atoms with Gasteiger partial charge in [-0.15, -0.1) is 0 Å². The van der Waals surface area contributed by atoms with Crippen LogP contribution in [0.15, 0.2) is 18.2 Å². The monoisotopic (exact) mass is 304 g/mol. The summed E-state index contributed by atoms with van der Waals surface area (Å²) in [5.41, 5.74) is 1.94. The van der Waals surface area contributed by atoms with Gasteiger partial charge in [0.05, 0.1) is 11.1 Å². The van der Waals surface area contributed by atoms with Crippen LogP contribution >= 0.6 is 11.8 Å². The largest absolute Gasteiger partial charge is 0.478 e. The van der Waals surface area contributed by atoms with Crippen molar-refractivity contribution in [3.63, 3.8) is 0 Å². The smallest absolute Gasteiger partial charge is 0.337 e. The van der Waals surface area contributed by atoms with Crippen molar-refractivity contribution >= 4 is 28.8 Å². The molecule has 0 radical (unpaired) electrons. The number of aromatic carboxylic acids is 1. The Balaban J connectivity index is 2.17. The summed E-state index contributed by atoms with van der Waals surface area (Å²) in [5, 5.41) is 9.37. The van der Waals surface area contributed by atoms with Gasteiger partial charge in [-0.25, -0.2) is 9.78 Å². The Kier molecular flexibility index (Phi) is 4.19. The fraction of sp³-hybridized carbons (Fsp3) is 0.500. The first kappa shape index (κ1) is 14.4. The molecule has 0 atom stereocenters. The van der Waals surface area contributed by atoms with E-state index >= 15 is 0 Å². The number of aryl methyl sites for hydroxylation is 1. The number of carboxylic acid groups (broad SMARTS) is 1. The SMILES string of the molecule is CCCc1nc2c(C(=O)O)cccc2n1C1CCSCC1. The standard InChI is InChI=1S/C16H20N2O2S/c1-2-4-14-17-15-12(16(19)20)5-3-6-13(15)18(14)11-7-9-21-10-8-11/h3,5-6,11H,2,4,7-10H2,1H3,(H,19,20). The first-order valence-corrected chi connectivity index (χ1v) is 8.68.